The molecule has 37 heavy (non-hydrogen) atoms. The largest absolute Gasteiger partial charge is 0.486 e. The number of anilines is 1. The van der Waals surface area contributed by atoms with Crippen LogP contribution < -0.4 is 15.8 Å². The van der Waals surface area contributed by atoms with Gasteiger partial charge in [-0.3, -0.25) is 14.2 Å². The predicted molar refractivity (Wildman–Crippen MR) is 148 cm³/mol. The number of carbonyl (C=O) groups excluding carboxylic acids is 2. The monoisotopic (exact) mass is 539 g/mol. The Morgan fingerprint density at radius 1 is 1.32 bits per heavy atom. The molecule has 10 heteroatoms. The van der Waals surface area contributed by atoms with Crippen LogP contribution in [0.25, 0.3) is 0 Å². The molecule has 4 rings (SSSR count). The number of allylic oxidation sites excluding steroid dienone is 1. The Labute approximate surface area is 225 Å². The number of rotatable bonds is 11. The molecule has 0 saturated heterocycles. The van der Waals surface area contributed by atoms with E-state index >= 15 is 0 Å². The first-order chi connectivity index (χ1) is 17.8. The van der Waals surface area contributed by atoms with Crippen molar-refractivity contribution in [3.05, 3.63) is 64.3 Å². The molecule has 1 aromatic carbocycles. The van der Waals surface area contributed by atoms with Gasteiger partial charge in [0.15, 0.2) is 11.0 Å². The molecule has 8 nitrogen and oxygen atoms in total. The average molecular weight is 540 g/mol. The summed E-state index contributed by atoms with van der Waals surface area (Å²) in [4.78, 5) is 26.1. The van der Waals surface area contributed by atoms with Crippen molar-refractivity contribution in [2.75, 3.05) is 11.1 Å². The molecule has 0 radical (unpaired) electrons. The van der Waals surface area contributed by atoms with Gasteiger partial charge >= 0.3 is 0 Å². The lowest BCUT2D eigenvalue weighted by atomic mass is 9.88. The number of aromatic nitrogens is 3. The van der Waals surface area contributed by atoms with Crippen molar-refractivity contribution >= 4 is 39.9 Å². The molecule has 0 spiro atoms. The van der Waals surface area contributed by atoms with E-state index in [0.717, 1.165) is 35.5 Å². The summed E-state index contributed by atoms with van der Waals surface area (Å²) >= 11 is 2.74. The lowest BCUT2D eigenvalue weighted by Crippen LogP contribution is -2.20. The second kappa shape index (κ2) is 12.0. The summed E-state index contributed by atoms with van der Waals surface area (Å²) in [5.74, 6) is 1.80. The maximum atomic E-state index is 12.8. The molecular formula is C27H33N5O3S2. The first-order valence-electron chi connectivity index (χ1n) is 12.4. The van der Waals surface area contributed by atoms with Gasteiger partial charge in [-0.1, -0.05) is 50.7 Å². The van der Waals surface area contributed by atoms with Gasteiger partial charge in [0.1, 0.15) is 17.4 Å². The number of nitrogens with one attached hydrogen (secondary N) is 1. The number of ether oxygens (including phenoxy) is 1. The van der Waals surface area contributed by atoms with Gasteiger partial charge in [0.2, 0.25) is 5.91 Å². The van der Waals surface area contributed by atoms with E-state index in [1.165, 1.54) is 28.7 Å². The fraction of sp³-hybridized carbons (Fsp3) is 0.407. The summed E-state index contributed by atoms with van der Waals surface area (Å²) in [6.07, 6.45) is 4.49. The van der Waals surface area contributed by atoms with Crippen LogP contribution in [-0.4, -0.2) is 32.3 Å². The fourth-order valence-corrected chi connectivity index (χ4v) is 6.53. The highest BCUT2D eigenvalue weighted by atomic mass is 32.2. The SMILES string of the molecule is C=CCn1c(COc2ccc(C(C)C)cc2)nnc1SCC(=O)Nc1sc2c(c1C(N)=O)CCC(C)C2. The Morgan fingerprint density at radius 3 is 2.76 bits per heavy atom. The second-order valence-corrected chi connectivity index (χ2v) is 11.6. The standard InChI is InChI=1S/C27H33N5O3S2/c1-5-12-32-22(14-35-19-9-7-18(8-10-19)16(2)3)30-31-27(32)36-15-23(33)29-26-24(25(28)34)20-11-6-17(4)13-21(20)37-26/h5,7-10,16-17H,1,6,11-15H2,2-4H3,(H2,28,34)(H,29,33). The molecule has 2 amide bonds. The van der Waals surface area contributed by atoms with Crippen LogP contribution in [0, 0.1) is 5.92 Å². The number of nitrogens with zero attached hydrogens (tertiary/aromatic N) is 3. The molecule has 2 heterocycles. The maximum Gasteiger partial charge on any atom is 0.251 e. The van der Waals surface area contributed by atoms with Gasteiger partial charge in [0.05, 0.1) is 11.3 Å². The quantitative estimate of drug-likeness (QED) is 0.256. The lowest BCUT2D eigenvalue weighted by molar-refractivity contribution is -0.113. The Morgan fingerprint density at radius 2 is 2.08 bits per heavy atom. The maximum absolute atomic E-state index is 12.8. The highest BCUT2D eigenvalue weighted by Gasteiger charge is 2.27. The van der Waals surface area contributed by atoms with Gasteiger partial charge in [-0.25, -0.2) is 0 Å². The van der Waals surface area contributed by atoms with Crippen molar-refractivity contribution < 1.29 is 14.3 Å². The van der Waals surface area contributed by atoms with Gasteiger partial charge in [0, 0.05) is 11.4 Å². The van der Waals surface area contributed by atoms with Crippen molar-refractivity contribution in [1.82, 2.24) is 14.8 Å². The van der Waals surface area contributed by atoms with Crippen molar-refractivity contribution in [2.24, 2.45) is 11.7 Å². The molecule has 0 saturated carbocycles. The molecule has 0 aliphatic heterocycles. The smallest absolute Gasteiger partial charge is 0.251 e. The second-order valence-electron chi connectivity index (χ2n) is 9.57. The van der Waals surface area contributed by atoms with Crippen molar-refractivity contribution in [3.63, 3.8) is 0 Å². The van der Waals surface area contributed by atoms with Crippen LogP contribution in [0.2, 0.25) is 0 Å². The normalized spacial score (nSPS) is 14.9. The number of carbonyl (C=O) groups is 2. The summed E-state index contributed by atoms with van der Waals surface area (Å²) < 4.78 is 7.81. The topological polar surface area (TPSA) is 112 Å². The molecule has 1 aliphatic rings. The zero-order valence-electron chi connectivity index (χ0n) is 21.5. The van der Waals surface area contributed by atoms with Gasteiger partial charge in [-0.15, -0.1) is 28.1 Å². The van der Waals surface area contributed by atoms with Crippen LogP contribution in [0.3, 0.4) is 0 Å². The molecular weight excluding hydrogens is 506 g/mol. The van der Waals surface area contributed by atoms with E-state index in [1.54, 1.807) is 6.08 Å². The number of hydrogen-bond donors (Lipinski definition) is 2. The zero-order chi connectivity index (χ0) is 26.5. The van der Waals surface area contributed by atoms with E-state index < -0.39 is 5.91 Å². The first-order valence-corrected chi connectivity index (χ1v) is 14.2. The van der Waals surface area contributed by atoms with Gasteiger partial charge in [0.25, 0.3) is 5.91 Å². The number of thiophene rings is 1. The minimum absolute atomic E-state index is 0.115. The molecule has 1 aliphatic carbocycles. The van der Waals surface area contributed by atoms with E-state index in [4.69, 9.17) is 10.5 Å². The predicted octanol–water partition coefficient (Wildman–Crippen LogP) is 5.18. The molecule has 3 aromatic rings. The van der Waals surface area contributed by atoms with E-state index in [-0.39, 0.29) is 18.3 Å². The average Bonchev–Trinajstić information content (AvgIpc) is 3.41. The first kappa shape index (κ1) is 26.9. The summed E-state index contributed by atoms with van der Waals surface area (Å²) in [6, 6.07) is 8.02. The highest BCUT2D eigenvalue weighted by Crippen LogP contribution is 2.39. The number of amides is 2. The van der Waals surface area contributed by atoms with E-state index in [2.05, 4.69) is 55.0 Å². The lowest BCUT2D eigenvalue weighted by Gasteiger charge is -2.18. The van der Waals surface area contributed by atoms with Crippen LogP contribution in [0.4, 0.5) is 5.00 Å². The van der Waals surface area contributed by atoms with E-state index in [0.29, 0.717) is 39.9 Å². The summed E-state index contributed by atoms with van der Waals surface area (Å²) in [6.45, 7) is 11.1. The molecule has 2 aromatic heterocycles. The van der Waals surface area contributed by atoms with Gasteiger partial charge in [-0.2, -0.15) is 0 Å². The number of nitrogens with two attached hydrogens (primary N) is 1. The van der Waals surface area contributed by atoms with Crippen LogP contribution in [0.1, 0.15) is 65.3 Å². The van der Waals surface area contributed by atoms with Crippen LogP contribution in [-0.2, 0) is 30.8 Å². The highest BCUT2D eigenvalue weighted by molar-refractivity contribution is 7.99. The van der Waals surface area contributed by atoms with Crippen molar-refractivity contribution in [3.8, 4) is 5.75 Å². The fourth-order valence-electron chi connectivity index (χ4n) is 4.33. The zero-order valence-corrected chi connectivity index (χ0v) is 23.1. The van der Waals surface area contributed by atoms with Crippen LogP contribution in [0.5, 0.6) is 5.75 Å². The molecule has 3 N–H and O–H groups in total. The Hall–Kier alpha value is -3.11. The van der Waals surface area contributed by atoms with E-state index in [9.17, 15) is 9.59 Å². The Bertz CT molecular complexity index is 1280. The van der Waals surface area contributed by atoms with Crippen LogP contribution >= 0.6 is 23.1 Å². The van der Waals surface area contributed by atoms with Crippen molar-refractivity contribution in [1.29, 1.82) is 0 Å². The third-order valence-electron chi connectivity index (χ3n) is 6.36. The number of benzene rings is 1. The number of fused-ring (bicyclic) bond motifs is 1. The minimum Gasteiger partial charge on any atom is -0.486 e. The summed E-state index contributed by atoms with van der Waals surface area (Å²) in [5, 5.41) is 12.6. The van der Waals surface area contributed by atoms with E-state index in [1.807, 2.05) is 16.7 Å². The number of hydrogen-bond acceptors (Lipinski definition) is 7. The molecule has 1 atom stereocenters. The molecule has 0 fully saturated rings. The molecule has 196 valence electrons. The van der Waals surface area contributed by atoms with Gasteiger partial charge in [-0.05, 0) is 54.4 Å². The Kier molecular flexibility index (Phi) is 8.71. The number of thioether (sulfide) groups is 1. The number of primary amides is 1. The van der Waals surface area contributed by atoms with Gasteiger partial charge < -0.3 is 15.8 Å². The third kappa shape index (κ3) is 6.42. The Balaban J connectivity index is 1.40. The molecule has 0 bridgehead atoms. The molecule has 1 unspecified atom stereocenters. The third-order valence-corrected chi connectivity index (χ3v) is 8.50. The van der Waals surface area contributed by atoms with Crippen LogP contribution in [0.15, 0.2) is 42.1 Å². The summed E-state index contributed by atoms with van der Waals surface area (Å²) in [5.41, 5.74) is 8.38. The van der Waals surface area contributed by atoms with Crippen molar-refractivity contribution in [2.45, 2.75) is 64.3 Å². The minimum atomic E-state index is -0.496. The summed E-state index contributed by atoms with van der Waals surface area (Å²) in [7, 11) is 0.